The molecule has 0 saturated heterocycles. The minimum absolute atomic E-state index is 0.544. The van der Waals surface area contributed by atoms with Crippen LogP contribution in [-0.2, 0) is 0 Å². The van der Waals surface area contributed by atoms with E-state index in [1.807, 2.05) is 38.1 Å². The van der Waals surface area contributed by atoms with Gasteiger partial charge in [0.1, 0.15) is 12.4 Å². The molecule has 18 heavy (non-hydrogen) atoms. The minimum Gasteiger partial charge on any atom is -0.492 e. The summed E-state index contributed by atoms with van der Waals surface area (Å²) in [5.41, 5.74) is 0. The lowest BCUT2D eigenvalue weighted by Crippen LogP contribution is -2.37. The number of halogens is 1. The van der Waals surface area contributed by atoms with Crippen LogP contribution in [0, 0.1) is 0 Å². The molecule has 0 radical (unpaired) electrons. The number of nitrogens with zero attached hydrogens (tertiary/aromatic N) is 1. The summed E-state index contributed by atoms with van der Waals surface area (Å²) >= 11 is 5.79. The summed E-state index contributed by atoms with van der Waals surface area (Å²) in [5, 5.41) is 7.02. The first kappa shape index (κ1) is 14.6. The van der Waals surface area contributed by atoms with Crippen molar-refractivity contribution in [1.29, 1.82) is 0 Å². The fraction of sp³-hybridized carbons (Fsp3) is 0.462. The molecule has 5 heteroatoms. The summed E-state index contributed by atoms with van der Waals surface area (Å²) in [6, 6.07) is 7.31. The van der Waals surface area contributed by atoms with Crippen molar-refractivity contribution < 1.29 is 4.74 Å². The minimum atomic E-state index is 0.544. The molecule has 0 bridgehead atoms. The Balaban J connectivity index is 2.31. The van der Waals surface area contributed by atoms with Crippen molar-refractivity contribution >= 4 is 17.6 Å². The van der Waals surface area contributed by atoms with Crippen LogP contribution in [0.4, 0.5) is 0 Å². The summed E-state index contributed by atoms with van der Waals surface area (Å²) in [6.45, 7) is 6.93. The largest absolute Gasteiger partial charge is 0.492 e. The molecular weight excluding hydrogens is 250 g/mol. The maximum absolute atomic E-state index is 5.79. The van der Waals surface area contributed by atoms with Gasteiger partial charge in [0.25, 0.3) is 0 Å². The van der Waals surface area contributed by atoms with Gasteiger partial charge in [-0.15, -0.1) is 0 Å². The van der Waals surface area contributed by atoms with E-state index in [1.54, 1.807) is 0 Å². The number of rotatable bonds is 6. The number of nitrogens with one attached hydrogen (secondary N) is 2. The molecule has 0 aliphatic carbocycles. The van der Waals surface area contributed by atoms with Crippen molar-refractivity contribution in [1.82, 2.24) is 10.6 Å². The first-order valence-electron chi connectivity index (χ1n) is 6.16. The Kier molecular flexibility index (Phi) is 7.03. The van der Waals surface area contributed by atoms with Crippen LogP contribution in [0.1, 0.15) is 13.8 Å². The standard InChI is InChI=1S/C13H20ClN3O/c1-3-15-13(16-4-2)17-9-10-18-12-7-5-11(14)6-8-12/h5-8H,3-4,9-10H2,1-2H3,(H2,15,16,17). The van der Waals surface area contributed by atoms with Crippen molar-refractivity contribution in [2.24, 2.45) is 4.99 Å². The molecule has 0 amide bonds. The van der Waals surface area contributed by atoms with Crippen LogP contribution in [-0.4, -0.2) is 32.2 Å². The van der Waals surface area contributed by atoms with Gasteiger partial charge in [-0.05, 0) is 38.1 Å². The number of hydrogen-bond acceptors (Lipinski definition) is 2. The molecule has 0 aromatic heterocycles. The summed E-state index contributed by atoms with van der Waals surface area (Å²) in [7, 11) is 0. The van der Waals surface area contributed by atoms with Crippen LogP contribution in [0.3, 0.4) is 0 Å². The third-order valence-electron chi connectivity index (χ3n) is 2.13. The molecule has 2 N–H and O–H groups in total. The van der Waals surface area contributed by atoms with Gasteiger partial charge in [0.05, 0.1) is 6.54 Å². The van der Waals surface area contributed by atoms with Crippen molar-refractivity contribution in [3.05, 3.63) is 29.3 Å². The van der Waals surface area contributed by atoms with E-state index < -0.39 is 0 Å². The lowest BCUT2D eigenvalue weighted by molar-refractivity contribution is 0.328. The maximum atomic E-state index is 5.79. The first-order valence-corrected chi connectivity index (χ1v) is 6.54. The number of hydrogen-bond donors (Lipinski definition) is 2. The van der Waals surface area contributed by atoms with Gasteiger partial charge in [0, 0.05) is 18.1 Å². The quantitative estimate of drug-likeness (QED) is 0.473. The van der Waals surface area contributed by atoms with Crippen molar-refractivity contribution in [2.75, 3.05) is 26.2 Å². The Morgan fingerprint density at radius 1 is 1.17 bits per heavy atom. The summed E-state index contributed by atoms with van der Waals surface area (Å²) < 4.78 is 5.55. The van der Waals surface area contributed by atoms with Gasteiger partial charge in [0.2, 0.25) is 0 Å². The Labute approximate surface area is 113 Å². The van der Waals surface area contributed by atoms with Gasteiger partial charge < -0.3 is 15.4 Å². The van der Waals surface area contributed by atoms with E-state index in [9.17, 15) is 0 Å². The molecule has 1 aromatic carbocycles. The second kappa shape index (κ2) is 8.64. The molecule has 0 atom stereocenters. The molecule has 0 fully saturated rings. The van der Waals surface area contributed by atoms with E-state index in [0.29, 0.717) is 18.2 Å². The average molecular weight is 270 g/mol. The van der Waals surface area contributed by atoms with E-state index in [-0.39, 0.29) is 0 Å². The van der Waals surface area contributed by atoms with Gasteiger partial charge in [-0.1, -0.05) is 11.6 Å². The van der Waals surface area contributed by atoms with Gasteiger partial charge >= 0.3 is 0 Å². The van der Waals surface area contributed by atoms with Gasteiger partial charge in [-0.2, -0.15) is 0 Å². The molecule has 0 spiro atoms. The third kappa shape index (κ3) is 5.77. The molecule has 100 valence electrons. The Morgan fingerprint density at radius 3 is 2.33 bits per heavy atom. The lowest BCUT2D eigenvalue weighted by atomic mass is 10.3. The number of benzene rings is 1. The highest BCUT2D eigenvalue weighted by molar-refractivity contribution is 6.30. The number of guanidine groups is 1. The van der Waals surface area contributed by atoms with Crippen LogP contribution in [0.15, 0.2) is 29.3 Å². The van der Waals surface area contributed by atoms with Gasteiger partial charge in [-0.3, -0.25) is 0 Å². The van der Waals surface area contributed by atoms with Crippen molar-refractivity contribution in [3.63, 3.8) is 0 Å². The topological polar surface area (TPSA) is 45.7 Å². The zero-order valence-corrected chi connectivity index (χ0v) is 11.6. The highest BCUT2D eigenvalue weighted by atomic mass is 35.5. The maximum Gasteiger partial charge on any atom is 0.191 e. The molecular formula is C13H20ClN3O. The zero-order valence-electron chi connectivity index (χ0n) is 10.9. The second-order valence-corrected chi connectivity index (χ2v) is 4.03. The normalized spacial score (nSPS) is 9.72. The van der Waals surface area contributed by atoms with E-state index in [1.165, 1.54) is 0 Å². The molecule has 0 saturated carbocycles. The van der Waals surface area contributed by atoms with Gasteiger partial charge in [0.15, 0.2) is 5.96 Å². The van der Waals surface area contributed by atoms with Crippen molar-refractivity contribution in [3.8, 4) is 5.75 Å². The molecule has 0 aliphatic rings. The SMILES string of the molecule is CCNC(=NCCOc1ccc(Cl)cc1)NCC. The highest BCUT2D eigenvalue weighted by Crippen LogP contribution is 2.15. The molecule has 1 aromatic rings. The smallest absolute Gasteiger partial charge is 0.191 e. The number of ether oxygens (including phenoxy) is 1. The summed E-state index contributed by atoms with van der Waals surface area (Å²) in [4.78, 5) is 4.38. The van der Waals surface area contributed by atoms with E-state index in [0.717, 1.165) is 24.8 Å². The second-order valence-electron chi connectivity index (χ2n) is 3.59. The Morgan fingerprint density at radius 2 is 1.78 bits per heavy atom. The first-order chi connectivity index (χ1) is 8.76. The summed E-state index contributed by atoms with van der Waals surface area (Å²) in [5.74, 6) is 1.63. The Bertz CT molecular complexity index is 357. The van der Waals surface area contributed by atoms with Crippen LogP contribution in [0.2, 0.25) is 5.02 Å². The lowest BCUT2D eigenvalue weighted by Gasteiger charge is -2.09. The van der Waals surface area contributed by atoms with Crippen LogP contribution >= 0.6 is 11.6 Å². The molecule has 0 unspecified atom stereocenters. The molecule has 0 aliphatic heterocycles. The zero-order chi connectivity index (χ0) is 13.2. The van der Waals surface area contributed by atoms with Crippen LogP contribution in [0.25, 0.3) is 0 Å². The molecule has 0 heterocycles. The monoisotopic (exact) mass is 269 g/mol. The predicted molar refractivity (Wildman–Crippen MR) is 76.6 cm³/mol. The van der Waals surface area contributed by atoms with Crippen LogP contribution in [0.5, 0.6) is 5.75 Å². The molecule has 1 rings (SSSR count). The van der Waals surface area contributed by atoms with Crippen molar-refractivity contribution in [2.45, 2.75) is 13.8 Å². The third-order valence-corrected chi connectivity index (χ3v) is 2.38. The summed E-state index contributed by atoms with van der Waals surface area (Å²) in [6.07, 6.45) is 0. The average Bonchev–Trinajstić information content (AvgIpc) is 2.37. The fourth-order valence-electron chi connectivity index (χ4n) is 1.36. The Hall–Kier alpha value is -1.42. The van der Waals surface area contributed by atoms with Crippen LogP contribution < -0.4 is 15.4 Å². The predicted octanol–water partition coefficient (Wildman–Crippen LogP) is 2.29. The fourth-order valence-corrected chi connectivity index (χ4v) is 1.49. The highest BCUT2D eigenvalue weighted by Gasteiger charge is 1.95. The number of aliphatic imine (C=N–C) groups is 1. The van der Waals surface area contributed by atoms with E-state index in [4.69, 9.17) is 16.3 Å². The van der Waals surface area contributed by atoms with Gasteiger partial charge in [-0.25, -0.2) is 4.99 Å². The van der Waals surface area contributed by atoms with E-state index in [2.05, 4.69) is 15.6 Å². The molecule has 4 nitrogen and oxygen atoms in total. The van der Waals surface area contributed by atoms with E-state index >= 15 is 0 Å².